The molecule has 0 aromatic rings. The minimum Gasteiger partial charge on any atom is -0.503 e. The van der Waals surface area contributed by atoms with Crippen molar-refractivity contribution in [2.24, 2.45) is 0 Å². The van der Waals surface area contributed by atoms with Gasteiger partial charge in [0.1, 0.15) is 0 Å². The number of rotatable bonds is 4. The van der Waals surface area contributed by atoms with Gasteiger partial charge in [0.25, 0.3) is 0 Å². The van der Waals surface area contributed by atoms with Gasteiger partial charge in [-0.25, -0.2) is 0 Å². The number of carbonyl (C=O) groups is 1. The molecule has 0 unspecified atom stereocenters. The van der Waals surface area contributed by atoms with E-state index in [9.17, 15) is 4.79 Å². The smallest absolute Gasteiger partial charge is 0.195 e. The maximum absolute atomic E-state index is 10.4. The Morgan fingerprint density at radius 2 is 2.30 bits per heavy atom. The molecule has 0 aliphatic heterocycles. The fraction of sp³-hybridized carbons (Fsp3) is 0.571. The molecular formula is C7H13NO2. The largest absolute Gasteiger partial charge is 0.503 e. The van der Waals surface area contributed by atoms with E-state index in [1.807, 2.05) is 6.92 Å². The number of aliphatic hydroxyl groups is 1. The lowest BCUT2D eigenvalue weighted by atomic mass is 10.4. The first kappa shape index (κ1) is 9.01. The fourth-order valence-electron chi connectivity index (χ4n) is 0.415. The van der Waals surface area contributed by atoms with Crippen LogP contribution in [0.3, 0.4) is 0 Å². The van der Waals surface area contributed by atoms with Crippen LogP contribution in [0.25, 0.3) is 0 Å². The van der Waals surface area contributed by atoms with E-state index in [0.29, 0.717) is 0 Å². The molecule has 0 amide bonds. The lowest BCUT2D eigenvalue weighted by molar-refractivity contribution is -0.116. The number of allylic oxidation sites excluding steroid dienone is 1. The van der Waals surface area contributed by atoms with Gasteiger partial charge < -0.3 is 10.4 Å². The molecule has 0 radical (unpaired) electrons. The summed E-state index contributed by atoms with van der Waals surface area (Å²) in [6, 6.07) is 0. The third kappa shape index (κ3) is 3.95. The first-order valence-electron chi connectivity index (χ1n) is 3.32. The van der Waals surface area contributed by atoms with Crippen LogP contribution in [0.1, 0.15) is 20.3 Å². The van der Waals surface area contributed by atoms with Gasteiger partial charge in [0.05, 0.1) is 0 Å². The summed E-state index contributed by atoms with van der Waals surface area (Å²) in [6.07, 6.45) is 2.30. The summed E-state index contributed by atoms with van der Waals surface area (Å²) < 4.78 is 0. The Morgan fingerprint density at radius 1 is 1.70 bits per heavy atom. The molecule has 0 rings (SSSR count). The van der Waals surface area contributed by atoms with E-state index >= 15 is 0 Å². The van der Waals surface area contributed by atoms with Crippen molar-refractivity contribution in [1.82, 2.24) is 5.32 Å². The van der Waals surface area contributed by atoms with E-state index in [4.69, 9.17) is 5.11 Å². The Kier molecular flexibility index (Phi) is 4.37. The highest BCUT2D eigenvalue weighted by Gasteiger charge is 1.96. The van der Waals surface area contributed by atoms with Gasteiger partial charge in [-0.2, -0.15) is 0 Å². The third-order valence-electron chi connectivity index (χ3n) is 0.994. The number of hydrogen-bond donors (Lipinski definition) is 2. The van der Waals surface area contributed by atoms with Crippen molar-refractivity contribution < 1.29 is 9.90 Å². The summed E-state index contributed by atoms with van der Waals surface area (Å²) in [7, 11) is 0. The molecule has 0 saturated heterocycles. The number of aliphatic hydroxyl groups excluding tert-OH is 1. The molecule has 3 heteroatoms. The molecule has 0 aromatic carbocycles. The zero-order valence-electron chi connectivity index (χ0n) is 6.35. The lowest BCUT2D eigenvalue weighted by Gasteiger charge is -1.96. The SMILES string of the molecule is CCCN/C=C(/O)C(C)=O. The molecule has 0 fully saturated rings. The van der Waals surface area contributed by atoms with Crippen molar-refractivity contribution >= 4 is 5.78 Å². The summed E-state index contributed by atoms with van der Waals surface area (Å²) in [5, 5.41) is 11.6. The zero-order chi connectivity index (χ0) is 7.98. The highest BCUT2D eigenvalue weighted by molar-refractivity contribution is 5.90. The average Bonchev–Trinajstić information content (AvgIpc) is 1.88. The normalized spacial score (nSPS) is 11.2. The predicted molar refractivity (Wildman–Crippen MR) is 39.7 cm³/mol. The Balaban J connectivity index is 3.58. The standard InChI is InChI=1S/C7H13NO2/c1-3-4-8-5-7(10)6(2)9/h5,8,10H,3-4H2,1-2H3/b7-5+. The van der Waals surface area contributed by atoms with Crippen LogP contribution in [-0.2, 0) is 4.79 Å². The molecule has 0 aromatic heterocycles. The van der Waals surface area contributed by atoms with Crippen molar-refractivity contribution in [3.05, 3.63) is 12.0 Å². The second kappa shape index (κ2) is 4.85. The number of carbonyl (C=O) groups excluding carboxylic acids is 1. The van der Waals surface area contributed by atoms with Crippen molar-refractivity contribution in [3.8, 4) is 0 Å². The van der Waals surface area contributed by atoms with E-state index in [1.165, 1.54) is 13.1 Å². The first-order chi connectivity index (χ1) is 4.68. The second-order valence-corrected chi connectivity index (χ2v) is 2.04. The quantitative estimate of drug-likeness (QED) is 0.350. The maximum atomic E-state index is 10.4. The monoisotopic (exact) mass is 143 g/mol. The van der Waals surface area contributed by atoms with Gasteiger partial charge in [0, 0.05) is 19.7 Å². The third-order valence-corrected chi connectivity index (χ3v) is 0.994. The van der Waals surface area contributed by atoms with Crippen LogP contribution in [0.15, 0.2) is 12.0 Å². The van der Waals surface area contributed by atoms with Crippen LogP contribution in [0.5, 0.6) is 0 Å². The molecular weight excluding hydrogens is 130 g/mol. The molecule has 58 valence electrons. The van der Waals surface area contributed by atoms with Crippen LogP contribution in [0, 0.1) is 0 Å². The highest BCUT2D eigenvalue weighted by atomic mass is 16.3. The average molecular weight is 143 g/mol. The van der Waals surface area contributed by atoms with Crippen LogP contribution in [-0.4, -0.2) is 17.4 Å². The van der Waals surface area contributed by atoms with E-state index in [1.54, 1.807) is 0 Å². The van der Waals surface area contributed by atoms with Crippen molar-refractivity contribution in [3.63, 3.8) is 0 Å². The van der Waals surface area contributed by atoms with Crippen LogP contribution >= 0.6 is 0 Å². The Hall–Kier alpha value is -0.990. The minimum atomic E-state index is -0.316. The first-order valence-corrected chi connectivity index (χ1v) is 3.32. The topological polar surface area (TPSA) is 49.3 Å². The van der Waals surface area contributed by atoms with Crippen molar-refractivity contribution in [2.75, 3.05) is 6.54 Å². The molecule has 0 aliphatic carbocycles. The molecule has 2 N–H and O–H groups in total. The van der Waals surface area contributed by atoms with Gasteiger partial charge >= 0.3 is 0 Å². The van der Waals surface area contributed by atoms with Crippen molar-refractivity contribution in [2.45, 2.75) is 20.3 Å². The number of hydrogen-bond acceptors (Lipinski definition) is 3. The number of nitrogens with one attached hydrogen (secondary N) is 1. The molecule has 0 spiro atoms. The molecule has 10 heavy (non-hydrogen) atoms. The van der Waals surface area contributed by atoms with Gasteiger partial charge in [0.2, 0.25) is 0 Å². The van der Waals surface area contributed by atoms with Crippen LogP contribution in [0.2, 0.25) is 0 Å². The summed E-state index contributed by atoms with van der Waals surface area (Å²) in [5.41, 5.74) is 0. The molecule has 3 nitrogen and oxygen atoms in total. The predicted octanol–water partition coefficient (Wildman–Crippen LogP) is 0.974. The summed E-state index contributed by atoms with van der Waals surface area (Å²) in [6.45, 7) is 4.10. The molecule has 0 atom stereocenters. The molecule has 0 saturated carbocycles. The highest BCUT2D eigenvalue weighted by Crippen LogP contribution is 1.85. The summed E-state index contributed by atoms with van der Waals surface area (Å²) >= 11 is 0. The minimum absolute atomic E-state index is 0.214. The van der Waals surface area contributed by atoms with Gasteiger partial charge in [-0.3, -0.25) is 4.79 Å². The fourth-order valence-corrected chi connectivity index (χ4v) is 0.415. The van der Waals surface area contributed by atoms with Gasteiger partial charge in [-0.1, -0.05) is 6.92 Å². The number of ketones is 1. The molecule has 0 heterocycles. The van der Waals surface area contributed by atoms with E-state index < -0.39 is 0 Å². The van der Waals surface area contributed by atoms with Gasteiger partial charge in [0.15, 0.2) is 11.5 Å². The second-order valence-electron chi connectivity index (χ2n) is 2.04. The van der Waals surface area contributed by atoms with Gasteiger partial charge in [-0.05, 0) is 6.42 Å². The Morgan fingerprint density at radius 3 is 2.70 bits per heavy atom. The van der Waals surface area contributed by atoms with E-state index in [-0.39, 0.29) is 11.5 Å². The van der Waals surface area contributed by atoms with Crippen LogP contribution in [0.4, 0.5) is 0 Å². The molecule has 0 aliphatic rings. The zero-order valence-corrected chi connectivity index (χ0v) is 6.35. The maximum Gasteiger partial charge on any atom is 0.195 e. The molecule has 0 bridgehead atoms. The van der Waals surface area contributed by atoms with E-state index in [2.05, 4.69) is 5.32 Å². The Labute approximate surface area is 60.7 Å². The van der Waals surface area contributed by atoms with E-state index in [0.717, 1.165) is 13.0 Å². The van der Waals surface area contributed by atoms with Gasteiger partial charge in [-0.15, -0.1) is 0 Å². The Bertz CT molecular complexity index is 141. The number of Topliss-reactive ketones (excluding diaryl/α,β-unsaturated/α-hetero) is 1. The van der Waals surface area contributed by atoms with Crippen LogP contribution < -0.4 is 5.32 Å². The summed E-state index contributed by atoms with van der Waals surface area (Å²) in [5.74, 6) is -0.531. The van der Waals surface area contributed by atoms with Crippen molar-refractivity contribution in [1.29, 1.82) is 0 Å². The summed E-state index contributed by atoms with van der Waals surface area (Å²) in [4.78, 5) is 10.4. The lowest BCUT2D eigenvalue weighted by Crippen LogP contribution is -2.09.